The first-order chi connectivity index (χ1) is 16.5. The molecule has 0 aliphatic carbocycles. The van der Waals surface area contributed by atoms with Gasteiger partial charge in [-0.3, -0.25) is 13.9 Å². The fourth-order valence-corrected chi connectivity index (χ4v) is 4.36. The van der Waals surface area contributed by atoms with E-state index in [1.165, 1.54) is 18.1 Å². The van der Waals surface area contributed by atoms with Gasteiger partial charge in [-0.2, -0.15) is 0 Å². The molecular weight excluding hydrogens is 497 g/mol. The van der Waals surface area contributed by atoms with Crippen molar-refractivity contribution in [1.82, 2.24) is 10.2 Å². The average Bonchev–Trinajstić information content (AvgIpc) is 2.81. The third-order valence-corrected chi connectivity index (χ3v) is 6.78. The van der Waals surface area contributed by atoms with E-state index in [1.807, 2.05) is 6.92 Å². The van der Waals surface area contributed by atoms with Gasteiger partial charge in [-0.15, -0.1) is 0 Å². The molecule has 0 saturated heterocycles. The van der Waals surface area contributed by atoms with E-state index < -0.39 is 34.3 Å². The minimum Gasteiger partial charge on any atom is -0.497 e. The number of nitrogens with zero attached hydrogens (tertiary/aromatic N) is 2. The number of sulfonamides is 1. The van der Waals surface area contributed by atoms with Crippen molar-refractivity contribution in [3.8, 4) is 5.75 Å². The number of nitrogens with one attached hydrogen (secondary N) is 1. The molecule has 0 bridgehead atoms. The van der Waals surface area contributed by atoms with Crippen molar-refractivity contribution in [2.24, 2.45) is 0 Å². The van der Waals surface area contributed by atoms with Gasteiger partial charge in [0.15, 0.2) is 0 Å². The number of unbranched alkanes of at least 4 members (excludes halogenated alkanes) is 1. The molecule has 0 radical (unpaired) electrons. The molecule has 2 amide bonds. The predicted molar refractivity (Wildman–Crippen MR) is 135 cm³/mol. The summed E-state index contributed by atoms with van der Waals surface area (Å²) in [6, 6.07) is 9.52. The van der Waals surface area contributed by atoms with Crippen LogP contribution in [0.4, 0.5) is 10.1 Å². The second-order valence-electron chi connectivity index (χ2n) is 8.06. The molecule has 0 spiro atoms. The summed E-state index contributed by atoms with van der Waals surface area (Å²) in [7, 11) is -2.42. The topological polar surface area (TPSA) is 96.0 Å². The summed E-state index contributed by atoms with van der Waals surface area (Å²) in [5, 5.41) is 2.53. The van der Waals surface area contributed by atoms with Crippen LogP contribution in [0.1, 0.15) is 32.3 Å². The van der Waals surface area contributed by atoms with E-state index in [1.54, 1.807) is 31.2 Å². The van der Waals surface area contributed by atoms with Crippen LogP contribution in [0.15, 0.2) is 42.5 Å². The van der Waals surface area contributed by atoms with Gasteiger partial charge in [-0.1, -0.05) is 37.1 Å². The SMILES string of the molecule is CCCCNC(=O)[C@H](C)N(Cc1cccc(OC)c1)C(=O)CN(c1ccc(F)c(Cl)c1)S(C)(=O)=O. The van der Waals surface area contributed by atoms with Gasteiger partial charge in [0.05, 0.1) is 24.1 Å². The number of hydrogen-bond donors (Lipinski definition) is 1. The lowest BCUT2D eigenvalue weighted by atomic mass is 10.1. The van der Waals surface area contributed by atoms with Crippen LogP contribution in [0.3, 0.4) is 0 Å². The first kappa shape index (κ1) is 28.4. The molecular formula is C24H31ClFN3O5S. The van der Waals surface area contributed by atoms with Crippen LogP contribution in [-0.4, -0.2) is 57.6 Å². The van der Waals surface area contributed by atoms with Gasteiger partial charge in [-0.05, 0) is 49.2 Å². The lowest BCUT2D eigenvalue weighted by Crippen LogP contribution is -2.51. The highest BCUT2D eigenvalue weighted by Gasteiger charge is 2.30. The number of carbonyl (C=O) groups excluding carboxylic acids is 2. The first-order valence-electron chi connectivity index (χ1n) is 11.1. The monoisotopic (exact) mass is 527 g/mol. The molecule has 35 heavy (non-hydrogen) atoms. The van der Waals surface area contributed by atoms with Gasteiger partial charge in [0.25, 0.3) is 0 Å². The van der Waals surface area contributed by atoms with Crippen molar-refractivity contribution in [2.45, 2.75) is 39.3 Å². The first-order valence-corrected chi connectivity index (χ1v) is 13.3. The fourth-order valence-electron chi connectivity index (χ4n) is 3.34. The Bertz CT molecular complexity index is 1150. The molecule has 0 unspecified atom stereocenters. The highest BCUT2D eigenvalue weighted by molar-refractivity contribution is 7.92. The average molecular weight is 528 g/mol. The van der Waals surface area contributed by atoms with Crippen molar-refractivity contribution < 1.29 is 27.1 Å². The number of methoxy groups -OCH3 is 1. The molecule has 0 aliphatic heterocycles. The normalized spacial score (nSPS) is 12.1. The third kappa shape index (κ3) is 8.10. The zero-order valence-electron chi connectivity index (χ0n) is 20.3. The van der Waals surface area contributed by atoms with Gasteiger partial charge in [0.2, 0.25) is 21.8 Å². The summed E-state index contributed by atoms with van der Waals surface area (Å²) in [5.41, 5.74) is 0.732. The van der Waals surface area contributed by atoms with Crippen molar-refractivity contribution >= 4 is 39.1 Å². The number of benzene rings is 2. The summed E-state index contributed by atoms with van der Waals surface area (Å²) in [6.07, 6.45) is 2.62. The Morgan fingerprint density at radius 1 is 1.20 bits per heavy atom. The second-order valence-corrected chi connectivity index (χ2v) is 10.4. The molecule has 11 heteroatoms. The number of anilines is 1. The molecule has 2 rings (SSSR count). The van der Waals surface area contributed by atoms with Gasteiger partial charge in [-0.25, -0.2) is 12.8 Å². The molecule has 0 saturated carbocycles. The number of ether oxygens (including phenoxy) is 1. The van der Waals surface area contributed by atoms with Gasteiger partial charge < -0.3 is 15.0 Å². The van der Waals surface area contributed by atoms with Crippen molar-refractivity contribution in [3.63, 3.8) is 0 Å². The van der Waals surface area contributed by atoms with Gasteiger partial charge in [0, 0.05) is 13.1 Å². The molecule has 8 nitrogen and oxygen atoms in total. The third-order valence-electron chi connectivity index (χ3n) is 5.35. The molecule has 2 aromatic rings. The van der Waals surface area contributed by atoms with Crippen LogP contribution < -0.4 is 14.4 Å². The van der Waals surface area contributed by atoms with Crippen LogP contribution in [0, 0.1) is 5.82 Å². The lowest BCUT2D eigenvalue weighted by Gasteiger charge is -2.31. The second kappa shape index (κ2) is 12.7. The van der Waals surface area contributed by atoms with Gasteiger partial charge >= 0.3 is 0 Å². The lowest BCUT2D eigenvalue weighted by molar-refractivity contribution is -0.139. The van der Waals surface area contributed by atoms with Crippen LogP contribution in [0.2, 0.25) is 5.02 Å². The Balaban J connectivity index is 2.38. The number of hydrogen-bond acceptors (Lipinski definition) is 5. The number of halogens is 2. The molecule has 1 N–H and O–H groups in total. The maximum Gasteiger partial charge on any atom is 0.244 e. The predicted octanol–water partition coefficient (Wildman–Crippen LogP) is 3.59. The zero-order valence-corrected chi connectivity index (χ0v) is 21.8. The van der Waals surface area contributed by atoms with E-state index in [-0.39, 0.29) is 23.2 Å². The van der Waals surface area contributed by atoms with E-state index >= 15 is 0 Å². The number of carbonyl (C=O) groups is 2. The molecule has 0 fully saturated rings. The van der Waals surface area contributed by atoms with E-state index in [2.05, 4.69) is 5.32 Å². The van der Waals surface area contributed by atoms with Gasteiger partial charge in [0.1, 0.15) is 24.2 Å². The summed E-state index contributed by atoms with van der Waals surface area (Å²) in [5.74, 6) is -1.11. The summed E-state index contributed by atoms with van der Waals surface area (Å²) < 4.78 is 44.8. The van der Waals surface area contributed by atoms with Crippen molar-refractivity contribution in [2.75, 3.05) is 30.8 Å². The smallest absolute Gasteiger partial charge is 0.244 e. The summed E-state index contributed by atoms with van der Waals surface area (Å²) in [4.78, 5) is 27.6. The Morgan fingerprint density at radius 2 is 1.91 bits per heavy atom. The Hall–Kier alpha value is -2.85. The van der Waals surface area contributed by atoms with E-state index in [9.17, 15) is 22.4 Å². The maximum absolute atomic E-state index is 13.6. The Kier molecular flexibility index (Phi) is 10.3. The molecule has 192 valence electrons. The minimum atomic E-state index is -3.94. The Morgan fingerprint density at radius 3 is 2.51 bits per heavy atom. The standard InChI is InChI=1S/C24H31ClFN3O5S/c1-5-6-12-27-24(31)17(2)28(15-18-8-7-9-20(13-18)34-3)23(30)16-29(35(4,32)33)19-10-11-22(26)21(25)14-19/h7-11,13-14,17H,5-6,12,15-16H2,1-4H3,(H,27,31)/t17-/m0/s1. The van der Waals surface area contributed by atoms with Crippen LogP contribution in [0.5, 0.6) is 5.75 Å². The largest absolute Gasteiger partial charge is 0.497 e. The molecule has 0 heterocycles. The fraction of sp³-hybridized carbons (Fsp3) is 0.417. The van der Waals surface area contributed by atoms with Crippen molar-refractivity contribution in [3.05, 3.63) is 58.9 Å². The molecule has 0 aromatic heterocycles. The van der Waals surface area contributed by atoms with Crippen LogP contribution in [0.25, 0.3) is 0 Å². The number of amides is 2. The van der Waals surface area contributed by atoms with Crippen LogP contribution >= 0.6 is 11.6 Å². The summed E-state index contributed by atoms with van der Waals surface area (Å²) >= 11 is 5.84. The van der Waals surface area contributed by atoms with E-state index in [4.69, 9.17) is 16.3 Å². The number of rotatable bonds is 12. The van der Waals surface area contributed by atoms with Crippen molar-refractivity contribution in [1.29, 1.82) is 0 Å². The van der Waals surface area contributed by atoms with E-state index in [0.29, 0.717) is 17.9 Å². The van der Waals surface area contributed by atoms with Crippen LogP contribution in [-0.2, 0) is 26.2 Å². The quantitative estimate of drug-likeness (QED) is 0.426. The zero-order chi connectivity index (χ0) is 26.2. The minimum absolute atomic E-state index is 0.0358. The summed E-state index contributed by atoms with van der Waals surface area (Å²) in [6.45, 7) is 3.48. The molecule has 2 aromatic carbocycles. The highest BCUT2D eigenvalue weighted by atomic mass is 35.5. The molecule has 0 aliphatic rings. The highest BCUT2D eigenvalue weighted by Crippen LogP contribution is 2.25. The van der Waals surface area contributed by atoms with E-state index in [0.717, 1.165) is 35.5 Å². The maximum atomic E-state index is 13.6. The Labute approximate surface area is 211 Å². The molecule has 1 atom stereocenters.